The van der Waals surface area contributed by atoms with E-state index in [0.717, 1.165) is 12.2 Å². The van der Waals surface area contributed by atoms with Crippen LogP contribution in [-0.4, -0.2) is 23.0 Å². The van der Waals surface area contributed by atoms with Crippen LogP contribution in [-0.2, 0) is 0 Å². The fourth-order valence-corrected chi connectivity index (χ4v) is 2.22. The Kier molecular flexibility index (Phi) is 5.44. The Morgan fingerprint density at radius 1 is 1.69 bits per heavy atom. The molecular weight excluding hydrogens is 242 g/mol. The Bertz CT molecular complexity index is 389. The van der Waals surface area contributed by atoms with Crippen LogP contribution in [0.15, 0.2) is 12.3 Å². The number of nitrogens with zero attached hydrogens (tertiary/aromatic N) is 2. The predicted molar refractivity (Wildman–Crippen MR) is 70.0 cm³/mol. The van der Waals surface area contributed by atoms with Crippen molar-refractivity contribution in [3.8, 4) is 6.07 Å². The molecule has 86 valence electrons. The summed E-state index contributed by atoms with van der Waals surface area (Å²) in [6.07, 6.45) is 4.65. The van der Waals surface area contributed by atoms with E-state index in [9.17, 15) is 0 Å². The molecule has 16 heavy (non-hydrogen) atoms. The zero-order valence-corrected chi connectivity index (χ0v) is 10.9. The minimum Gasteiger partial charge on any atom is -0.365 e. The molecule has 5 heteroatoms. The first-order valence-electron chi connectivity index (χ1n) is 5.03. The largest absolute Gasteiger partial charge is 0.365 e. The maximum absolute atomic E-state index is 8.84. The van der Waals surface area contributed by atoms with Gasteiger partial charge in [-0.05, 0) is 18.7 Å². The summed E-state index contributed by atoms with van der Waals surface area (Å²) in [6.45, 7) is 2.11. The third-order valence-electron chi connectivity index (χ3n) is 2.21. The molecule has 0 aliphatic heterocycles. The van der Waals surface area contributed by atoms with E-state index in [4.69, 9.17) is 16.9 Å². The second-order valence-electron chi connectivity index (χ2n) is 3.34. The molecule has 0 radical (unpaired) electrons. The van der Waals surface area contributed by atoms with E-state index in [-0.39, 0.29) is 0 Å². The zero-order chi connectivity index (χ0) is 12.0. The van der Waals surface area contributed by atoms with Crippen molar-refractivity contribution in [3.63, 3.8) is 0 Å². The molecule has 0 aliphatic rings. The number of nitrogens with one attached hydrogen (secondary N) is 1. The van der Waals surface area contributed by atoms with Crippen LogP contribution in [0, 0.1) is 11.3 Å². The maximum atomic E-state index is 8.84. The highest BCUT2D eigenvalue weighted by Crippen LogP contribution is 2.24. The lowest BCUT2D eigenvalue weighted by molar-refractivity contribution is 0.770. The van der Waals surface area contributed by atoms with Gasteiger partial charge in [0.05, 0.1) is 5.56 Å². The summed E-state index contributed by atoms with van der Waals surface area (Å²) < 4.78 is 0. The summed E-state index contributed by atoms with van der Waals surface area (Å²) in [5.74, 6) is 1.59. The standard InChI is InChI=1S/C11H14ClN3S/c1-3-9(7-16-2)15-11-10(12)8(6-13)4-5-14-11/h4-5,9H,3,7H2,1-2H3,(H,14,15). The number of hydrogen-bond donors (Lipinski definition) is 1. The van der Waals surface area contributed by atoms with Crippen molar-refractivity contribution in [1.29, 1.82) is 5.26 Å². The molecule has 0 bridgehead atoms. The van der Waals surface area contributed by atoms with Crippen LogP contribution in [0.3, 0.4) is 0 Å². The third kappa shape index (κ3) is 3.29. The molecule has 0 aliphatic carbocycles. The van der Waals surface area contributed by atoms with E-state index in [1.54, 1.807) is 24.0 Å². The van der Waals surface area contributed by atoms with E-state index in [1.807, 2.05) is 6.07 Å². The van der Waals surface area contributed by atoms with E-state index in [2.05, 4.69) is 23.5 Å². The summed E-state index contributed by atoms with van der Waals surface area (Å²) in [6, 6.07) is 3.98. The van der Waals surface area contributed by atoms with Crippen molar-refractivity contribution >= 4 is 29.2 Å². The summed E-state index contributed by atoms with van der Waals surface area (Å²) >= 11 is 7.83. The number of hydrogen-bond acceptors (Lipinski definition) is 4. The Labute approximate surface area is 105 Å². The van der Waals surface area contributed by atoms with E-state index in [1.165, 1.54) is 0 Å². The highest BCUT2D eigenvalue weighted by Gasteiger charge is 2.11. The van der Waals surface area contributed by atoms with Crippen molar-refractivity contribution in [2.24, 2.45) is 0 Å². The van der Waals surface area contributed by atoms with Gasteiger partial charge in [0.2, 0.25) is 0 Å². The summed E-state index contributed by atoms with van der Waals surface area (Å²) in [5.41, 5.74) is 0.457. The van der Waals surface area contributed by atoms with Crippen LogP contribution in [0.2, 0.25) is 5.02 Å². The average Bonchev–Trinajstić information content (AvgIpc) is 2.31. The summed E-state index contributed by atoms with van der Waals surface area (Å²) in [5, 5.41) is 12.5. The van der Waals surface area contributed by atoms with Gasteiger partial charge < -0.3 is 5.32 Å². The van der Waals surface area contributed by atoms with Crippen LogP contribution in [0.1, 0.15) is 18.9 Å². The van der Waals surface area contributed by atoms with Crippen molar-refractivity contribution in [2.45, 2.75) is 19.4 Å². The van der Waals surface area contributed by atoms with Gasteiger partial charge >= 0.3 is 0 Å². The van der Waals surface area contributed by atoms with Gasteiger partial charge in [-0.15, -0.1) is 0 Å². The molecule has 1 aromatic rings. The van der Waals surface area contributed by atoms with Crippen molar-refractivity contribution in [2.75, 3.05) is 17.3 Å². The van der Waals surface area contributed by atoms with Crippen molar-refractivity contribution < 1.29 is 0 Å². The molecule has 0 saturated heterocycles. The first-order chi connectivity index (χ1) is 7.72. The lowest BCUT2D eigenvalue weighted by atomic mass is 10.2. The highest BCUT2D eigenvalue weighted by atomic mass is 35.5. The molecule has 0 aromatic carbocycles. The number of thioether (sulfide) groups is 1. The number of halogens is 1. The fourth-order valence-electron chi connectivity index (χ4n) is 1.29. The minimum atomic E-state index is 0.328. The van der Waals surface area contributed by atoms with E-state index < -0.39 is 0 Å². The first kappa shape index (κ1) is 13.1. The van der Waals surface area contributed by atoms with Gasteiger partial charge in [0, 0.05) is 18.0 Å². The van der Waals surface area contributed by atoms with Crippen LogP contribution in [0.5, 0.6) is 0 Å². The van der Waals surface area contributed by atoms with Gasteiger partial charge in [-0.2, -0.15) is 17.0 Å². The Hall–Kier alpha value is -0.920. The van der Waals surface area contributed by atoms with Crippen LogP contribution < -0.4 is 5.32 Å². The van der Waals surface area contributed by atoms with Crippen molar-refractivity contribution in [1.82, 2.24) is 4.98 Å². The molecule has 1 atom stereocenters. The van der Waals surface area contributed by atoms with E-state index >= 15 is 0 Å². The molecular formula is C11H14ClN3S. The smallest absolute Gasteiger partial charge is 0.146 e. The lowest BCUT2D eigenvalue weighted by Gasteiger charge is -2.17. The van der Waals surface area contributed by atoms with Gasteiger partial charge in [0.1, 0.15) is 16.9 Å². The zero-order valence-electron chi connectivity index (χ0n) is 9.33. The number of anilines is 1. The molecule has 0 fully saturated rings. The van der Waals surface area contributed by atoms with Gasteiger partial charge in [-0.1, -0.05) is 18.5 Å². The van der Waals surface area contributed by atoms with Gasteiger partial charge in [0.15, 0.2) is 0 Å². The number of nitriles is 1. The lowest BCUT2D eigenvalue weighted by Crippen LogP contribution is -2.22. The molecule has 1 rings (SSSR count). The molecule has 1 heterocycles. The second-order valence-corrected chi connectivity index (χ2v) is 4.63. The number of pyridine rings is 1. The summed E-state index contributed by atoms with van der Waals surface area (Å²) in [7, 11) is 0. The SMILES string of the molecule is CCC(CSC)Nc1nccc(C#N)c1Cl. The third-order valence-corrected chi connectivity index (χ3v) is 3.33. The Balaban J connectivity index is 2.84. The average molecular weight is 256 g/mol. The molecule has 0 spiro atoms. The van der Waals surface area contributed by atoms with Crippen molar-refractivity contribution in [3.05, 3.63) is 22.8 Å². The molecule has 3 nitrogen and oxygen atoms in total. The normalized spacial score (nSPS) is 11.9. The fraction of sp³-hybridized carbons (Fsp3) is 0.455. The monoisotopic (exact) mass is 255 g/mol. The molecule has 0 amide bonds. The number of rotatable bonds is 5. The van der Waals surface area contributed by atoms with Crippen LogP contribution in [0.4, 0.5) is 5.82 Å². The molecule has 1 unspecified atom stereocenters. The van der Waals surface area contributed by atoms with Crippen LogP contribution in [0.25, 0.3) is 0 Å². The molecule has 0 saturated carbocycles. The van der Waals surface area contributed by atoms with Crippen LogP contribution >= 0.6 is 23.4 Å². The molecule has 1 N–H and O–H groups in total. The topological polar surface area (TPSA) is 48.7 Å². The van der Waals surface area contributed by atoms with Gasteiger partial charge in [0.25, 0.3) is 0 Å². The summed E-state index contributed by atoms with van der Waals surface area (Å²) in [4.78, 5) is 4.15. The first-order valence-corrected chi connectivity index (χ1v) is 6.80. The Morgan fingerprint density at radius 3 is 3.00 bits per heavy atom. The number of aromatic nitrogens is 1. The second kappa shape index (κ2) is 6.62. The maximum Gasteiger partial charge on any atom is 0.146 e. The van der Waals surface area contributed by atoms with Gasteiger partial charge in [-0.25, -0.2) is 4.98 Å². The quantitative estimate of drug-likeness (QED) is 0.878. The van der Waals surface area contributed by atoms with E-state index in [0.29, 0.717) is 22.4 Å². The van der Waals surface area contributed by atoms with Gasteiger partial charge in [-0.3, -0.25) is 0 Å². The minimum absolute atomic E-state index is 0.328. The highest BCUT2D eigenvalue weighted by molar-refractivity contribution is 7.98. The molecule has 1 aromatic heterocycles. The Morgan fingerprint density at radius 2 is 2.44 bits per heavy atom. The predicted octanol–water partition coefficient (Wildman–Crippen LogP) is 3.16.